The van der Waals surface area contributed by atoms with E-state index in [1.54, 1.807) is 18.0 Å². The lowest BCUT2D eigenvalue weighted by Crippen LogP contribution is -2.01. The fourth-order valence-corrected chi connectivity index (χ4v) is 3.22. The monoisotopic (exact) mass is 315 g/mol. The number of thioether (sulfide) groups is 1. The second-order valence-electron chi connectivity index (χ2n) is 4.79. The van der Waals surface area contributed by atoms with Crippen molar-refractivity contribution >= 4 is 40.0 Å². The highest BCUT2D eigenvalue weighted by Crippen LogP contribution is 2.21. The van der Waals surface area contributed by atoms with Gasteiger partial charge in [-0.1, -0.05) is 41.9 Å². The number of benzene rings is 2. The predicted molar refractivity (Wildman–Crippen MR) is 90.2 cm³/mol. The molecule has 4 heteroatoms. The number of Topliss-reactive ketones (excluding diaryl/α,β-unsaturated/α-hetero) is 1. The number of aromatic nitrogens is 1. The molecule has 0 amide bonds. The Morgan fingerprint density at radius 2 is 1.86 bits per heavy atom. The van der Waals surface area contributed by atoms with Gasteiger partial charge in [-0.2, -0.15) is 0 Å². The van der Waals surface area contributed by atoms with Gasteiger partial charge in [-0.05, 0) is 23.8 Å². The fraction of sp³-hybridized carbons (Fsp3) is 0.118. The van der Waals surface area contributed by atoms with Gasteiger partial charge in [-0.15, -0.1) is 11.8 Å². The van der Waals surface area contributed by atoms with Crippen LogP contribution in [-0.4, -0.2) is 16.5 Å². The van der Waals surface area contributed by atoms with Crippen molar-refractivity contribution in [2.75, 3.05) is 5.75 Å². The maximum Gasteiger partial charge on any atom is 0.174 e. The molecule has 0 fully saturated rings. The second kappa shape index (κ2) is 6.37. The summed E-state index contributed by atoms with van der Waals surface area (Å²) in [6.07, 6.45) is 1.80. The number of ketones is 1. The molecule has 0 aliphatic rings. The van der Waals surface area contributed by atoms with Crippen LogP contribution in [-0.2, 0) is 5.75 Å². The van der Waals surface area contributed by atoms with Crippen LogP contribution in [0.2, 0.25) is 5.02 Å². The number of hydrogen-bond donors (Lipinski definition) is 1. The summed E-state index contributed by atoms with van der Waals surface area (Å²) >= 11 is 7.48. The third kappa shape index (κ3) is 3.31. The first-order chi connectivity index (χ1) is 10.2. The molecule has 0 aliphatic heterocycles. The Morgan fingerprint density at radius 1 is 1.10 bits per heavy atom. The van der Waals surface area contributed by atoms with Gasteiger partial charge < -0.3 is 4.98 Å². The number of hydrogen-bond acceptors (Lipinski definition) is 2. The number of para-hydroxylation sites is 1. The van der Waals surface area contributed by atoms with Crippen molar-refractivity contribution in [1.82, 2.24) is 4.98 Å². The molecule has 2 aromatic carbocycles. The zero-order valence-corrected chi connectivity index (χ0v) is 12.9. The van der Waals surface area contributed by atoms with Crippen molar-refractivity contribution in [1.29, 1.82) is 0 Å². The number of aromatic amines is 1. The summed E-state index contributed by atoms with van der Waals surface area (Å²) in [6, 6.07) is 15.6. The molecule has 0 unspecified atom stereocenters. The Kier molecular flexibility index (Phi) is 4.32. The van der Waals surface area contributed by atoms with Gasteiger partial charge >= 0.3 is 0 Å². The summed E-state index contributed by atoms with van der Waals surface area (Å²) in [5.41, 5.74) is 2.95. The standard InChI is InChI=1S/C17H14ClNOS/c18-13-7-5-12(6-8-13)10-21-11-17(20)15-9-19-16-4-2-1-3-14(15)16/h1-9,19H,10-11H2. The molecule has 1 aromatic heterocycles. The van der Waals surface area contributed by atoms with Gasteiger partial charge in [-0.25, -0.2) is 0 Å². The Morgan fingerprint density at radius 3 is 2.67 bits per heavy atom. The molecular weight excluding hydrogens is 302 g/mol. The number of carbonyl (C=O) groups is 1. The molecule has 1 N–H and O–H groups in total. The third-order valence-electron chi connectivity index (χ3n) is 3.30. The van der Waals surface area contributed by atoms with Gasteiger partial charge in [-0.3, -0.25) is 4.79 Å². The van der Waals surface area contributed by atoms with Crippen LogP contribution in [0.25, 0.3) is 10.9 Å². The van der Waals surface area contributed by atoms with Gasteiger partial charge in [0.15, 0.2) is 5.78 Å². The molecule has 0 aliphatic carbocycles. The maximum atomic E-state index is 12.3. The average Bonchev–Trinajstić information content (AvgIpc) is 2.93. The molecule has 106 valence electrons. The highest BCUT2D eigenvalue weighted by Gasteiger charge is 2.11. The van der Waals surface area contributed by atoms with E-state index in [-0.39, 0.29) is 5.78 Å². The summed E-state index contributed by atoms with van der Waals surface area (Å²) < 4.78 is 0. The summed E-state index contributed by atoms with van der Waals surface area (Å²) in [5, 5.41) is 1.73. The predicted octanol–water partition coefficient (Wildman–Crippen LogP) is 4.94. The Balaban J connectivity index is 1.63. The minimum atomic E-state index is 0.159. The van der Waals surface area contributed by atoms with Crippen LogP contribution in [0.1, 0.15) is 15.9 Å². The molecule has 21 heavy (non-hydrogen) atoms. The van der Waals surface area contributed by atoms with E-state index in [0.717, 1.165) is 27.2 Å². The van der Waals surface area contributed by atoms with Crippen LogP contribution < -0.4 is 0 Å². The smallest absolute Gasteiger partial charge is 0.174 e. The second-order valence-corrected chi connectivity index (χ2v) is 6.21. The lowest BCUT2D eigenvalue weighted by Gasteiger charge is -2.02. The van der Waals surface area contributed by atoms with Gasteiger partial charge in [0, 0.05) is 33.4 Å². The van der Waals surface area contributed by atoms with Crippen molar-refractivity contribution < 1.29 is 4.79 Å². The number of nitrogens with one attached hydrogen (secondary N) is 1. The zero-order valence-electron chi connectivity index (χ0n) is 11.3. The molecule has 0 atom stereocenters. The minimum Gasteiger partial charge on any atom is -0.360 e. The maximum absolute atomic E-state index is 12.3. The van der Waals surface area contributed by atoms with Gasteiger partial charge in [0.1, 0.15) is 0 Å². The summed E-state index contributed by atoms with van der Waals surface area (Å²) in [6.45, 7) is 0. The topological polar surface area (TPSA) is 32.9 Å². The fourth-order valence-electron chi connectivity index (χ4n) is 2.22. The highest BCUT2D eigenvalue weighted by atomic mass is 35.5. The highest BCUT2D eigenvalue weighted by molar-refractivity contribution is 7.99. The molecule has 0 spiro atoms. The lowest BCUT2D eigenvalue weighted by atomic mass is 10.1. The van der Waals surface area contributed by atoms with E-state index in [0.29, 0.717) is 5.75 Å². The van der Waals surface area contributed by atoms with E-state index in [2.05, 4.69) is 4.98 Å². The molecular formula is C17H14ClNOS. The number of rotatable bonds is 5. The molecule has 0 saturated carbocycles. The normalized spacial score (nSPS) is 10.9. The molecule has 0 radical (unpaired) electrons. The van der Waals surface area contributed by atoms with Crippen LogP contribution in [0.15, 0.2) is 54.7 Å². The van der Waals surface area contributed by atoms with Crippen LogP contribution in [0.4, 0.5) is 0 Å². The van der Waals surface area contributed by atoms with Crippen molar-refractivity contribution in [3.63, 3.8) is 0 Å². The van der Waals surface area contributed by atoms with Crippen LogP contribution in [0.5, 0.6) is 0 Å². The van der Waals surface area contributed by atoms with E-state index in [9.17, 15) is 4.79 Å². The SMILES string of the molecule is O=C(CSCc1ccc(Cl)cc1)c1c[nH]c2ccccc12. The lowest BCUT2D eigenvalue weighted by molar-refractivity contribution is 0.102. The summed E-state index contributed by atoms with van der Waals surface area (Å²) in [7, 11) is 0. The number of fused-ring (bicyclic) bond motifs is 1. The van der Waals surface area contributed by atoms with E-state index >= 15 is 0 Å². The number of carbonyl (C=O) groups excluding carboxylic acids is 1. The van der Waals surface area contributed by atoms with E-state index in [1.165, 1.54) is 5.56 Å². The van der Waals surface area contributed by atoms with E-state index in [4.69, 9.17) is 11.6 Å². The van der Waals surface area contributed by atoms with Crippen LogP contribution in [0, 0.1) is 0 Å². The molecule has 2 nitrogen and oxygen atoms in total. The summed E-state index contributed by atoms with van der Waals surface area (Å²) in [5.74, 6) is 1.45. The molecule has 3 rings (SSSR count). The van der Waals surface area contributed by atoms with Crippen molar-refractivity contribution in [2.45, 2.75) is 5.75 Å². The molecule has 1 heterocycles. The Bertz CT molecular complexity index is 764. The van der Waals surface area contributed by atoms with Gasteiger partial charge in [0.05, 0.1) is 5.75 Å². The Labute approximate surface area is 132 Å². The first-order valence-electron chi connectivity index (χ1n) is 6.65. The van der Waals surface area contributed by atoms with E-state index < -0.39 is 0 Å². The average molecular weight is 316 g/mol. The first kappa shape index (κ1) is 14.2. The van der Waals surface area contributed by atoms with Crippen LogP contribution in [0.3, 0.4) is 0 Å². The first-order valence-corrected chi connectivity index (χ1v) is 8.19. The number of halogens is 1. The van der Waals surface area contributed by atoms with Gasteiger partial charge in [0.2, 0.25) is 0 Å². The summed E-state index contributed by atoms with van der Waals surface area (Å²) in [4.78, 5) is 15.4. The van der Waals surface area contributed by atoms with Crippen LogP contribution >= 0.6 is 23.4 Å². The largest absolute Gasteiger partial charge is 0.360 e. The van der Waals surface area contributed by atoms with Gasteiger partial charge in [0.25, 0.3) is 0 Å². The van der Waals surface area contributed by atoms with Crippen molar-refractivity contribution in [2.24, 2.45) is 0 Å². The Hall–Kier alpha value is -1.71. The quantitative estimate of drug-likeness (QED) is 0.677. The minimum absolute atomic E-state index is 0.159. The van der Waals surface area contributed by atoms with Crippen molar-refractivity contribution in [3.8, 4) is 0 Å². The zero-order chi connectivity index (χ0) is 14.7. The molecule has 0 saturated heterocycles. The third-order valence-corrected chi connectivity index (χ3v) is 4.56. The molecule has 3 aromatic rings. The number of H-pyrrole nitrogens is 1. The van der Waals surface area contributed by atoms with E-state index in [1.807, 2.05) is 48.5 Å². The molecule has 0 bridgehead atoms. The van der Waals surface area contributed by atoms with Crippen molar-refractivity contribution in [3.05, 3.63) is 70.9 Å².